The molecule has 2 rings (SSSR count). The lowest BCUT2D eigenvalue weighted by molar-refractivity contribution is 0.172. The Morgan fingerprint density at radius 2 is 1.00 bits per heavy atom. The minimum atomic E-state index is -3.79. The Morgan fingerprint density at radius 3 is 1.31 bits per heavy atom. The Kier molecular flexibility index (Phi) is 7.26. The van der Waals surface area contributed by atoms with Crippen LogP contribution in [0.1, 0.15) is 17.5 Å². The molecule has 0 aliphatic carbocycles. The van der Waals surface area contributed by atoms with E-state index in [1.165, 1.54) is 24.3 Å². The fraction of sp³-hybridized carbons (Fsp3) is 0.238. The third-order valence-corrected chi connectivity index (χ3v) is 7.30. The fourth-order valence-electron chi connectivity index (χ4n) is 2.28. The van der Waals surface area contributed by atoms with E-state index in [1.54, 1.807) is 24.3 Å². The molecule has 29 heavy (non-hydrogen) atoms. The largest absolute Gasteiger partial charge is 0.483 e. The lowest BCUT2D eigenvalue weighted by Crippen LogP contribution is -2.11. The normalized spacial score (nSPS) is 11.7. The number of ether oxygens (including phenoxy) is 2. The van der Waals surface area contributed by atoms with Crippen molar-refractivity contribution in [3.63, 3.8) is 0 Å². The monoisotopic (exact) mass is 436 g/mol. The van der Waals surface area contributed by atoms with Gasteiger partial charge in [-0.3, -0.25) is 0 Å². The average molecular weight is 437 g/mol. The molecule has 0 atom stereocenters. The van der Waals surface area contributed by atoms with Crippen LogP contribution in [0.2, 0.25) is 0 Å². The van der Waals surface area contributed by atoms with Crippen molar-refractivity contribution in [2.75, 3.05) is 13.2 Å². The zero-order valence-electron chi connectivity index (χ0n) is 16.4. The van der Waals surface area contributed by atoms with Gasteiger partial charge in [0.25, 0.3) is 0 Å². The SMILES string of the molecule is C=C(OCCCOC(=C)S(=O)(=O)c1ccc(C)cc1)S(=O)(=O)c1ccc(C)cc1. The van der Waals surface area contributed by atoms with Crippen molar-refractivity contribution in [3.8, 4) is 0 Å². The highest BCUT2D eigenvalue weighted by atomic mass is 32.2. The smallest absolute Gasteiger partial charge is 0.238 e. The zero-order valence-corrected chi connectivity index (χ0v) is 18.1. The van der Waals surface area contributed by atoms with E-state index in [2.05, 4.69) is 13.2 Å². The van der Waals surface area contributed by atoms with Crippen LogP contribution >= 0.6 is 0 Å². The van der Waals surface area contributed by atoms with Gasteiger partial charge in [-0.05, 0) is 51.3 Å². The number of aryl methyl sites for hydroxylation is 2. The van der Waals surface area contributed by atoms with Crippen molar-refractivity contribution in [3.05, 3.63) is 83.0 Å². The second-order valence-electron chi connectivity index (χ2n) is 6.43. The third-order valence-electron chi connectivity index (χ3n) is 4.08. The lowest BCUT2D eigenvalue weighted by atomic mass is 10.2. The third kappa shape index (κ3) is 5.71. The highest BCUT2D eigenvalue weighted by Crippen LogP contribution is 2.21. The van der Waals surface area contributed by atoms with Gasteiger partial charge in [0.05, 0.1) is 23.0 Å². The van der Waals surface area contributed by atoms with Crippen LogP contribution in [0.25, 0.3) is 0 Å². The van der Waals surface area contributed by atoms with Gasteiger partial charge in [-0.25, -0.2) is 16.8 Å². The van der Waals surface area contributed by atoms with Crippen molar-refractivity contribution < 1.29 is 26.3 Å². The number of benzene rings is 2. The van der Waals surface area contributed by atoms with E-state index in [1.807, 2.05) is 13.8 Å². The van der Waals surface area contributed by atoms with Crippen LogP contribution in [-0.2, 0) is 29.1 Å². The van der Waals surface area contributed by atoms with Crippen molar-refractivity contribution >= 4 is 19.7 Å². The van der Waals surface area contributed by atoms with Crippen LogP contribution in [0.4, 0.5) is 0 Å². The molecule has 0 N–H and O–H groups in total. The summed E-state index contributed by atoms with van der Waals surface area (Å²) in [7, 11) is -7.59. The highest BCUT2D eigenvalue weighted by molar-refractivity contribution is 7.95. The van der Waals surface area contributed by atoms with Crippen molar-refractivity contribution in [1.82, 2.24) is 0 Å². The molecule has 0 aliphatic rings. The van der Waals surface area contributed by atoms with Gasteiger partial charge in [-0.15, -0.1) is 0 Å². The molecule has 0 bridgehead atoms. The summed E-state index contributed by atoms with van der Waals surface area (Å²) in [5.74, 6) is 0. The fourth-order valence-corrected chi connectivity index (χ4v) is 4.28. The topological polar surface area (TPSA) is 86.7 Å². The summed E-state index contributed by atoms with van der Waals surface area (Å²) in [6.45, 7) is 10.7. The number of hydrogen-bond donors (Lipinski definition) is 0. The van der Waals surface area contributed by atoms with E-state index in [-0.39, 0.29) is 39.6 Å². The second-order valence-corrected chi connectivity index (χ2v) is 10.3. The van der Waals surface area contributed by atoms with Crippen LogP contribution < -0.4 is 0 Å². The quantitative estimate of drug-likeness (QED) is 0.414. The summed E-state index contributed by atoms with van der Waals surface area (Å²) in [6.07, 6.45) is 0.255. The molecule has 0 fully saturated rings. The van der Waals surface area contributed by atoms with E-state index in [0.29, 0.717) is 0 Å². The van der Waals surface area contributed by atoms with Crippen LogP contribution in [-0.4, -0.2) is 30.0 Å². The predicted octanol–water partition coefficient (Wildman–Crippen LogP) is 3.92. The van der Waals surface area contributed by atoms with Crippen molar-refractivity contribution in [2.24, 2.45) is 0 Å². The summed E-state index contributed by atoms with van der Waals surface area (Å²) in [4.78, 5) is 0.198. The van der Waals surface area contributed by atoms with E-state index in [4.69, 9.17) is 9.47 Å². The molecule has 0 saturated carbocycles. The second kappa shape index (κ2) is 9.28. The van der Waals surface area contributed by atoms with Gasteiger partial charge < -0.3 is 9.47 Å². The molecule has 0 heterocycles. The van der Waals surface area contributed by atoms with Gasteiger partial charge in [0.15, 0.2) is 0 Å². The van der Waals surface area contributed by atoms with E-state index in [9.17, 15) is 16.8 Å². The number of hydrogen-bond acceptors (Lipinski definition) is 6. The zero-order chi connectivity index (χ0) is 21.7. The van der Waals surface area contributed by atoms with Crippen LogP contribution in [0, 0.1) is 13.8 Å². The molecule has 0 spiro atoms. The molecule has 2 aromatic rings. The molecular formula is C21H24O6S2. The molecule has 0 saturated heterocycles. The molecule has 2 aromatic carbocycles. The van der Waals surface area contributed by atoms with E-state index in [0.717, 1.165) is 11.1 Å². The van der Waals surface area contributed by atoms with Gasteiger partial charge in [-0.2, -0.15) is 0 Å². The van der Waals surface area contributed by atoms with E-state index >= 15 is 0 Å². The lowest BCUT2D eigenvalue weighted by Gasteiger charge is -2.12. The first-order chi connectivity index (χ1) is 13.5. The summed E-state index contributed by atoms with van der Waals surface area (Å²) < 4.78 is 59.9. The van der Waals surface area contributed by atoms with Crippen molar-refractivity contribution in [1.29, 1.82) is 0 Å². The maximum absolute atomic E-state index is 12.4. The van der Waals surface area contributed by atoms with Crippen LogP contribution in [0.15, 0.2) is 81.7 Å². The molecule has 8 heteroatoms. The minimum Gasteiger partial charge on any atom is -0.483 e. The first-order valence-electron chi connectivity index (χ1n) is 8.82. The molecule has 0 unspecified atom stereocenters. The van der Waals surface area contributed by atoms with Gasteiger partial charge in [0, 0.05) is 6.42 Å². The maximum Gasteiger partial charge on any atom is 0.238 e. The maximum atomic E-state index is 12.4. The summed E-state index contributed by atoms with van der Waals surface area (Å²) in [6, 6.07) is 12.7. The molecule has 0 radical (unpaired) electrons. The van der Waals surface area contributed by atoms with Gasteiger partial charge >= 0.3 is 0 Å². The Morgan fingerprint density at radius 1 is 0.690 bits per heavy atom. The molecule has 0 amide bonds. The summed E-state index contributed by atoms with van der Waals surface area (Å²) in [5, 5.41) is -0.736. The van der Waals surface area contributed by atoms with Crippen LogP contribution in [0.3, 0.4) is 0 Å². The Hall–Kier alpha value is -2.58. The molecular weight excluding hydrogens is 412 g/mol. The first kappa shape index (κ1) is 22.7. The van der Waals surface area contributed by atoms with Gasteiger partial charge in [-0.1, -0.05) is 35.4 Å². The minimum absolute atomic E-state index is 0.00177. The Balaban J connectivity index is 1.83. The standard InChI is InChI=1S/C21H24O6S2/c1-16-6-10-20(11-7-16)28(22,23)18(3)26-14-5-15-27-19(4)29(24,25)21-12-8-17(2)9-13-21/h6-13H,3-5,14-15H2,1-2H3. The van der Waals surface area contributed by atoms with Gasteiger partial charge in [0.2, 0.25) is 29.9 Å². The summed E-state index contributed by atoms with van der Waals surface area (Å²) >= 11 is 0. The van der Waals surface area contributed by atoms with E-state index < -0.39 is 19.7 Å². The first-order valence-corrected chi connectivity index (χ1v) is 11.8. The molecule has 0 aliphatic heterocycles. The molecule has 0 aromatic heterocycles. The number of sulfone groups is 2. The average Bonchev–Trinajstić information content (AvgIpc) is 2.68. The Labute approximate surface area is 172 Å². The predicted molar refractivity (Wildman–Crippen MR) is 112 cm³/mol. The Bertz CT molecular complexity index is 991. The van der Waals surface area contributed by atoms with Crippen molar-refractivity contribution in [2.45, 2.75) is 30.1 Å². The van der Waals surface area contributed by atoms with Crippen LogP contribution in [0.5, 0.6) is 0 Å². The molecule has 156 valence electrons. The highest BCUT2D eigenvalue weighted by Gasteiger charge is 2.21. The van der Waals surface area contributed by atoms with Gasteiger partial charge in [0.1, 0.15) is 0 Å². The number of rotatable bonds is 10. The molecule has 6 nitrogen and oxygen atoms in total. The summed E-state index contributed by atoms with van der Waals surface area (Å²) in [5.41, 5.74) is 1.88.